The first-order valence-corrected chi connectivity index (χ1v) is 45.0. The van der Waals surface area contributed by atoms with Crippen LogP contribution in [0.1, 0.15) is 157 Å². The molecule has 8 rings (SSSR count). The predicted octanol–water partition coefficient (Wildman–Crippen LogP) is 1.66. The van der Waals surface area contributed by atoms with Crippen molar-refractivity contribution >= 4 is 225 Å². The van der Waals surface area contributed by atoms with Gasteiger partial charge in [-0.1, -0.05) is 220 Å². The number of benzene rings is 7. The van der Waals surface area contributed by atoms with Gasteiger partial charge in [0.1, 0.15) is 41.1 Å². The molecule has 0 amide bonds. The van der Waals surface area contributed by atoms with Crippen LogP contribution in [0.2, 0.25) is 0 Å². The van der Waals surface area contributed by atoms with Crippen molar-refractivity contribution in [2.75, 3.05) is 25.6 Å². The maximum Gasteiger partial charge on any atom is 0.367 e. The summed E-state index contributed by atoms with van der Waals surface area (Å²) in [6, 6.07) is 21.8. The summed E-state index contributed by atoms with van der Waals surface area (Å²) >= 11 is 0. The van der Waals surface area contributed by atoms with Crippen LogP contribution < -0.4 is 28.4 Å². The first-order valence-electron chi connectivity index (χ1n) is 40.6. The number of carbonyl (C=O) groups excluding carboxylic acids is 9. The third-order valence-corrected chi connectivity index (χ3v) is 23.0. The minimum Gasteiger partial charge on any atom is -0.748 e. The Bertz CT molecular complexity index is 5480. The first-order chi connectivity index (χ1) is 63.5. The van der Waals surface area contributed by atoms with Gasteiger partial charge in [0.15, 0.2) is 33.5 Å². The Morgan fingerprint density at radius 2 is 0.511 bits per heavy atom. The van der Waals surface area contributed by atoms with Gasteiger partial charge in [-0.15, -0.1) is 0 Å². The van der Waals surface area contributed by atoms with Gasteiger partial charge in [0.05, 0.1) is 192 Å². The average molecular weight is 1870 g/mol. The molecular weight excluding hydrogens is 1800 g/mol. The molecule has 0 heterocycles. The zero-order chi connectivity index (χ0) is 101. The molecule has 0 aliphatic heterocycles. The van der Waals surface area contributed by atoms with Gasteiger partial charge in [0.25, 0.3) is 5.41 Å². The van der Waals surface area contributed by atoms with Crippen molar-refractivity contribution in [3.63, 3.8) is 0 Å². The highest BCUT2D eigenvalue weighted by molar-refractivity contribution is 7.87. The molecule has 2 unspecified atom stereocenters. The van der Waals surface area contributed by atoms with E-state index < -0.39 is 160 Å². The molecule has 1 aliphatic carbocycles. The lowest BCUT2D eigenvalue weighted by Gasteiger charge is -2.32. The van der Waals surface area contributed by atoms with Gasteiger partial charge in [0, 0.05) is 0 Å². The molecule has 0 aromatic heterocycles. The van der Waals surface area contributed by atoms with Crippen molar-refractivity contribution in [2.24, 2.45) is 23.2 Å². The monoisotopic (exact) mass is 1870 g/mol. The number of esters is 9. The van der Waals surface area contributed by atoms with E-state index in [4.69, 9.17) is 174 Å². The Kier molecular flexibility index (Phi) is 43.2. The van der Waals surface area contributed by atoms with Crippen LogP contribution in [-0.2, 0) is 187 Å². The topological polar surface area (TPSA) is 408 Å². The van der Waals surface area contributed by atoms with Crippen LogP contribution >= 0.6 is 0 Å². The fraction of sp³-hybridized carbons (Fsp3) is 0.386. The van der Waals surface area contributed by atoms with Crippen molar-refractivity contribution in [1.29, 1.82) is 0 Å². The number of ether oxygens (including phenoxy) is 9. The SMILES string of the molecule is [B]Cc1cc(C[B])c(OC(=O)C(C)(C(=O)OCCS(=O)(=O)[O-])C(=O)Oc2c(C[B])cc(C[B])cc2C[B])c(C[B])c1.[B]Cc1cc(C[B])c(OC(=O)C2CC(C(=O)OCC(F)(F)S(=O)(=O)[O-])CC(C(=O)Oc3c(C[B])cc(C[B])cc3C[B])C2)c(C[B])c1.[B]Cc1cc(C[B])c(OC(=O)c2cc(C(=O)OCC(F)(F)S(=O)(=O)[O-])cc(C(=O)Oc3c(C[B])cc(C[B])cc3C[B])c2)c(C[B])c1. The number of halogens is 4. The van der Waals surface area contributed by atoms with Gasteiger partial charge >= 0.3 is 64.2 Å². The Morgan fingerprint density at radius 3 is 0.733 bits per heavy atom. The molecule has 27 nitrogen and oxygen atoms in total. The summed E-state index contributed by atoms with van der Waals surface area (Å²) in [7, 11) is 87.3. The molecule has 52 heteroatoms. The molecule has 1 saturated carbocycles. The minimum absolute atomic E-state index is 0.0187. The van der Waals surface area contributed by atoms with Crippen LogP contribution in [0.15, 0.2) is 91.0 Å². The van der Waals surface area contributed by atoms with Crippen molar-refractivity contribution in [3.05, 3.63) is 208 Å². The second-order valence-corrected chi connectivity index (χ2v) is 34.6. The van der Waals surface area contributed by atoms with E-state index in [-0.39, 0.29) is 168 Å². The van der Waals surface area contributed by atoms with E-state index in [2.05, 4.69) is 9.47 Å². The number of rotatable bonds is 42. The minimum atomic E-state index is -6.19. The molecule has 36 radical (unpaired) electrons. The molecule has 0 N–H and O–H groups in total. The summed E-state index contributed by atoms with van der Waals surface area (Å²) in [6.07, 6.45) is -1.11. The predicted molar refractivity (Wildman–Crippen MR) is 496 cm³/mol. The molecule has 668 valence electrons. The number of alkyl halides is 4. The van der Waals surface area contributed by atoms with Crippen molar-refractivity contribution in [1.82, 2.24) is 0 Å². The van der Waals surface area contributed by atoms with E-state index >= 15 is 0 Å². The van der Waals surface area contributed by atoms with Crippen LogP contribution in [0, 0.1) is 23.2 Å². The lowest BCUT2D eigenvalue weighted by atomic mass is 9.75. The fourth-order valence-electron chi connectivity index (χ4n) is 13.5. The number of hydrogen-bond donors (Lipinski definition) is 0. The molecule has 2 atom stereocenters. The highest BCUT2D eigenvalue weighted by atomic mass is 32.2. The molecule has 7 aromatic rings. The van der Waals surface area contributed by atoms with E-state index in [1.807, 2.05) is 0 Å². The zero-order valence-corrected chi connectivity index (χ0v) is 75.2. The highest BCUT2D eigenvalue weighted by Gasteiger charge is 2.55. The summed E-state index contributed by atoms with van der Waals surface area (Å²) in [5.41, 5.74) is 3.71. The summed E-state index contributed by atoms with van der Waals surface area (Å²) < 4.78 is 200. The molecule has 135 heavy (non-hydrogen) atoms. The van der Waals surface area contributed by atoms with E-state index in [1.165, 1.54) is 0 Å². The number of hydrogen-bond acceptors (Lipinski definition) is 27. The summed E-state index contributed by atoms with van der Waals surface area (Å²) in [4.78, 5) is 120. The molecular formula is C83H71B18F4O27S3-3. The van der Waals surface area contributed by atoms with E-state index in [1.54, 1.807) is 72.8 Å². The van der Waals surface area contributed by atoms with E-state index in [0.717, 1.165) is 25.1 Å². The first kappa shape index (κ1) is 114. The van der Waals surface area contributed by atoms with Gasteiger partial charge < -0.3 is 56.3 Å². The van der Waals surface area contributed by atoms with Crippen molar-refractivity contribution < 1.29 is 142 Å². The van der Waals surface area contributed by atoms with Crippen LogP contribution in [0.3, 0.4) is 0 Å². The maximum absolute atomic E-state index is 13.8. The van der Waals surface area contributed by atoms with Gasteiger partial charge in [0.2, 0.25) is 0 Å². The van der Waals surface area contributed by atoms with Crippen LogP contribution in [0.5, 0.6) is 34.5 Å². The Balaban J connectivity index is 0.000000312. The molecule has 1 fully saturated rings. The van der Waals surface area contributed by atoms with Crippen molar-refractivity contribution in [2.45, 2.75) is 150 Å². The Morgan fingerprint density at radius 1 is 0.296 bits per heavy atom. The quantitative estimate of drug-likeness (QED) is 0.00998. The molecule has 7 aromatic carbocycles. The molecule has 0 saturated heterocycles. The van der Waals surface area contributed by atoms with Gasteiger partial charge in [-0.2, -0.15) is 17.6 Å². The smallest absolute Gasteiger partial charge is 0.367 e. The van der Waals surface area contributed by atoms with Crippen molar-refractivity contribution in [3.8, 4) is 34.5 Å². The summed E-state index contributed by atoms with van der Waals surface area (Å²) in [6.45, 7) is -4.28. The lowest BCUT2D eigenvalue weighted by Crippen LogP contribution is -2.50. The number of carbonyl (C=O) groups is 9. The van der Waals surface area contributed by atoms with Crippen LogP contribution in [-0.4, -0.2) is 270 Å². The van der Waals surface area contributed by atoms with Gasteiger partial charge in [-0.25, -0.2) is 49.2 Å². The lowest BCUT2D eigenvalue weighted by molar-refractivity contribution is -0.175. The standard InChI is InChI=1S/C29H28B6F2O9S.C29H22B6F2O9S.C25H24B6O9S/c2*30-8-15-1-20(10-32)24(21(2-15)11-33)45-27(39)18-5-17(26(38)44-14-29(36,37)47(41,42)43)6-19(7-18)28(40)46-25-22(12-34)3-16(9-31)4-23(25)13-35;1-25(22(32)38-2-3-41(35,36)37,23(33)39-20-16(10-28)4-14(8-26)5-17(20)11-29)24(34)40-21-18(12-30)6-15(9-27)7-19(21)13-31/h1-4,17-19H,5-14H2,(H,41,42,43);1-7H,8-14H2,(H,41,42,43);4-7H,2-3,8-13H2,1H3,(H,35,36,37)/p-3. The fourth-order valence-corrected chi connectivity index (χ4v) is 14.2. The third-order valence-electron chi connectivity index (χ3n) is 20.7. The average Bonchev–Trinajstić information content (AvgIpc) is 0.766. The largest absolute Gasteiger partial charge is 0.748 e. The normalized spacial score (nSPS) is 13.9. The third kappa shape index (κ3) is 30.0. The molecule has 0 bridgehead atoms. The van der Waals surface area contributed by atoms with Crippen LogP contribution in [0.25, 0.3) is 0 Å². The highest BCUT2D eigenvalue weighted by Crippen LogP contribution is 2.41. The Hall–Kier alpha value is -9.61. The maximum atomic E-state index is 13.8. The molecule has 1 aliphatic rings. The van der Waals surface area contributed by atoms with Gasteiger partial charge in [-0.05, 0) is 111 Å². The summed E-state index contributed by atoms with van der Waals surface area (Å²) in [5.74, 6) is -16.5. The van der Waals surface area contributed by atoms with Gasteiger partial charge in [-0.3, -0.25) is 19.2 Å². The second-order valence-electron chi connectivity index (χ2n) is 30.0. The van der Waals surface area contributed by atoms with E-state index in [9.17, 15) is 99.6 Å². The Labute approximate surface area is 803 Å². The van der Waals surface area contributed by atoms with E-state index in [0.29, 0.717) is 100 Å². The second kappa shape index (κ2) is 51.2. The summed E-state index contributed by atoms with van der Waals surface area (Å²) in [5, 5.41) is -9.88. The zero-order valence-electron chi connectivity index (χ0n) is 72.7. The molecule has 0 spiro atoms. The van der Waals surface area contributed by atoms with Crippen LogP contribution in [0.4, 0.5) is 17.6 Å².